The van der Waals surface area contributed by atoms with Gasteiger partial charge in [-0.3, -0.25) is 9.89 Å². The van der Waals surface area contributed by atoms with Gasteiger partial charge in [-0.25, -0.2) is 4.98 Å². The van der Waals surface area contributed by atoms with Crippen LogP contribution in [0.15, 0.2) is 84.0 Å². The molecule has 1 fully saturated rings. The Kier molecular flexibility index (Phi) is 8.30. The van der Waals surface area contributed by atoms with Gasteiger partial charge in [0.05, 0.1) is 0 Å². The summed E-state index contributed by atoms with van der Waals surface area (Å²) in [5.41, 5.74) is 3.51. The Bertz CT molecular complexity index is 1000. The van der Waals surface area contributed by atoms with Crippen molar-refractivity contribution in [1.29, 1.82) is 0 Å². The number of nitrogens with zero attached hydrogens (tertiary/aromatic N) is 3. The predicted octanol–water partition coefficient (Wildman–Crippen LogP) is 3.99. The molecule has 33 heavy (non-hydrogen) atoms. The Morgan fingerprint density at radius 1 is 0.970 bits per heavy atom. The highest BCUT2D eigenvalue weighted by Crippen LogP contribution is 2.17. The zero-order chi connectivity index (χ0) is 22.7. The van der Waals surface area contributed by atoms with E-state index in [0.29, 0.717) is 25.1 Å². The van der Waals surface area contributed by atoms with Crippen molar-refractivity contribution in [3.05, 3.63) is 95.7 Å². The maximum absolute atomic E-state index is 5.98. The molecule has 6 nitrogen and oxygen atoms in total. The van der Waals surface area contributed by atoms with Gasteiger partial charge in [0.1, 0.15) is 6.61 Å². The van der Waals surface area contributed by atoms with Gasteiger partial charge in [-0.2, -0.15) is 0 Å². The molecule has 0 radical (unpaired) electrons. The molecule has 2 aromatic carbocycles. The van der Waals surface area contributed by atoms with Crippen LogP contribution in [-0.4, -0.2) is 42.0 Å². The van der Waals surface area contributed by atoms with Crippen molar-refractivity contribution in [3.63, 3.8) is 0 Å². The number of aromatic nitrogens is 1. The summed E-state index contributed by atoms with van der Waals surface area (Å²) in [6.45, 7) is 4.30. The van der Waals surface area contributed by atoms with Crippen LogP contribution in [0.4, 0.5) is 0 Å². The van der Waals surface area contributed by atoms with Crippen LogP contribution in [0.3, 0.4) is 0 Å². The van der Waals surface area contributed by atoms with E-state index in [1.165, 1.54) is 5.56 Å². The molecule has 1 saturated heterocycles. The van der Waals surface area contributed by atoms with E-state index in [4.69, 9.17) is 4.74 Å². The van der Waals surface area contributed by atoms with E-state index in [2.05, 4.69) is 68.0 Å². The quantitative estimate of drug-likeness (QED) is 0.407. The van der Waals surface area contributed by atoms with Crippen LogP contribution in [0.1, 0.15) is 29.5 Å². The van der Waals surface area contributed by atoms with E-state index >= 15 is 0 Å². The fraction of sp³-hybridized carbons (Fsp3) is 0.333. The first-order valence-corrected chi connectivity index (χ1v) is 11.6. The fourth-order valence-electron chi connectivity index (χ4n) is 4.06. The summed E-state index contributed by atoms with van der Waals surface area (Å²) in [5.74, 6) is 1.47. The number of pyridine rings is 1. The number of hydrogen-bond acceptors (Lipinski definition) is 4. The Balaban J connectivity index is 1.24. The molecule has 0 atom stereocenters. The van der Waals surface area contributed by atoms with Gasteiger partial charge >= 0.3 is 0 Å². The van der Waals surface area contributed by atoms with E-state index in [-0.39, 0.29) is 0 Å². The Morgan fingerprint density at radius 3 is 2.36 bits per heavy atom. The lowest BCUT2D eigenvalue weighted by atomic mass is 10.0. The first kappa shape index (κ1) is 22.8. The molecule has 1 aromatic heterocycles. The molecule has 6 heteroatoms. The maximum Gasteiger partial charge on any atom is 0.218 e. The van der Waals surface area contributed by atoms with Crippen LogP contribution < -0.4 is 15.4 Å². The molecule has 172 valence electrons. The molecule has 0 amide bonds. The molecule has 0 bridgehead atoms. The molecule has 1 aliphatic heterocycles. The van der Waals surface area contributed by atoms with Gasteiger partial charge in [0.15, 0.2) is 5.96 Å². The molecule has 0 saturated carbocycles. The van der Waals surface area contributed by atoms with E-state index in [1.807, 2.05) is 37.4 Å². The molecule has 0 spiro atoms. The minimum atomic E-state index is 0.422. The second-order valence-corrected chi connectivity index (χ2v) is 8.35. The maximum atomic E-state index is 5.98. The zero-order valence-corrected chi connectivity index (χ0v) is 19.3. The summed E-state index contributed by atoms with van der Waals surface area (Å²) in [6, 6.07) is 25.2. The standard InChI is InChI=1S/C27H33N5O/c1-28-27(31-25-14-17-32(18-15-25)20-22-9-4-2-5-10-22)30-19-24-13-8-16-29-26(24)33-21-23-11-6-3-7-12-23/h2-13,16,25H,14-15,17-21H2,1H3,(H2,28,30,31). The van der Waals surface area contributed by atoms with Crippen molar-refractivity contribution in [1.82, 2.24) is 20.5 Å². The van der Waals surface area contributed by atoms with Crippen LogP contribution in [0.5, 0.6) is 5.88 Å². The third-order valence-corrected chi connectivity index (χ3v) is 5.92. The zero-order valence-electron chi connectivity index (χ0n) is 19.3. The van der Waals surface area contributed by atoms with Gasteiger partial charge in [0, 0.05) is 51.0 Å². The summed E-state index contributed by atoms with van der Waals surface area (Å²) in [7, 11) is 1.82. The molecule has 3 aromatic rings. The third kappa shape index (κ3) is 7.05. The number of rotatable bonds is 8. The van der Waals surface area contributed by atoms with Crippen molar-refractivity contribution in [2.75, 3.05) is 20.1 Å². The van der Waals surface area contributed by atoms with E-state index in [9.17, 15) is 0 Å². The lowest BCUT2D eigenvalue weighted by molar-refractivity contribution is 0.198. The number of nitrogens with one attached hydrogen (secondary N) is 2. The largest absolute Gasteiger partial charge is 0.473 e. The number of guanidine groups is 1. The highest BCUT2D eigenvalue weighted by Gasteiger charge is 2.20. The highest BCUT2D eigenvalue weighted by molar-refractivity contribution is 5.80. The van der Waals surface area contributed by atoms with Gasteiger partial charge in [0.25, 0.3) is 0 Å². The van der Waals surface area contributed by atoms with Gasteiger partial charge in [0.2, 0.25) is 5.88 Å². The molecule has 2 heterocycles. The van der Waals surface area contributed by atoms with Crippen LogP contribution in [0.25, 0.3) is 0 Å². The predicted molar refractivity (Wildman–Crippen MR) is 133 cm³/mol. The van der Waals surface area contributed by atoms with Crippen molar-refractivity contribution in [2.24, 2.45) is 4.99 Å². The second-order valence-electron chi connectivity index (χ2n) is 8.35. The lowest BCUT2D eigenvalue weighted by Gasteiger charge is -2.33. The molecule has 2 N–H and O–H groups in total. The Labute approximate surface area is 196 Å². The van der Waals surface area contributed by atoms with Crippen molar-refractivity contribution >= 4 is 5.96 Å². The van der Waals surface area contributed by atoms with E-state index in [0.717, 1.165) is 49.6 Å². The molecule has 1 aliphatic rings. The third-order valence-electron chi connectivity index (χ3n) is 5.92. The van der Waals surface area contributed by atoms with Gasteiger partial charge in [-0.05, 0) is 30.0 Å². The Hall–Kier alpha value is -3.38. The minimum absolute atomic E-state index is 0.422. The topological polar surface area (TPSA) is 61.8 Å². The number of likely N-dealkylation sites (tertiary alicyclic amines) is 1. The van der Waals surface area contributed by atoms with Crippen LogP contribution >= 0.6 is 0 Å². The number of ether oxygens (including phenoxy) is 1. The normalized spacial score (nSPS) is 15.2. The number of piperidine rings is 1. The van der Waals surface area contributed by atoms with Crippen LogP contribution in [0.2, 0.25) is 0 Å². The van der Waals surface area contributed by atoms with Crippen LogP contribution in [0, 0.1) is 0 Å². The monoisotopic (exact) mass is 443 g/mol. The number of aliphatic imine (C=N–C) groups is 1. The molecule has 0 unspecified atom stereocenters. The first-order valence-electron chi connectivity index (χ1n) is 11.6. The van der Waals surface area contributed by atoms with Crippen molar-refractivity contribution < 1.29 is 4.74 Å². The first-order chi connectivity index (χ1) is 16.3. The second kappa shape index (κ2) is 12.0. The Morgan fingerprint density at radius 2 is 1.67 bits per heavy atom. The van der Waals surface area contributed by atoms with Gasteiger partial charge in [-0.1, -0.05) is 66.7 Å². The van der Waals surface area contributed by atoms with Crippen LogP contribution in [-0.2, 0) is 19.7 Å². The minimum Gasteiger partial charge on any atom is -0.473 e. The van der Waals surface area contributed by atoms with Gasteiger partial charge < -0.3 is 15.4 Å². The summed E-state index contributed by atoms with van der Waals surface area (Å²) < 4.78 is 5.98. The number of hydrogen-bond donors (Lipinski definition) is 2. The van der Waals surface area contributed by atoms with Gasteiger partial charge in [-0.15, -0.1) is 0 Å². The summed E-state index contributed by atoms with van der Waals surface area (Å²) in [4.78, 5) is 11.4. The molecule has 0 aliphatic carbocycles. The molecule has 4 rings (SSSR count). The average Bonchev–Trinajstić information content (AvgIpc) is 2.88. The lowest BCUT2D eigenvalue weighted by Crippen LogP contribution is -2.48. The average molecular weight is 444 g/mol. The smallest absolute Gasteiger partial charge is 0.218 e. The fourth-order valence-corrected chi connectivity index (χ4v) is 4.06. The summed E-state index contributed by atoms with van der Waals surface area (Å²) in [6.07, 6.45) is 3.97. The van der Waals surface area contributed by atoms with E-state index < -0.39 is 0 Å². The highest BCUT2D eigenvalue weighted by atomic mass is 16.5. The summed E-state index contributed by atoms with van der Waals surface area (Å²) in [5, 5.41) is 7.02. The molecular weight excluding hydrogens is 410 g/mol. The SMILES string of the molecule is CN=C(NCc1cccnc1OCc1ccccc1)NC1CCN(Cc2ccccc2)CC1. The molecular formula is C27H33N5O. The van der Waals surface area contributed by atoms with Crippen molar-refractivity contribution in [3.8, 4) is 5.88 Å². The van der Waals surface area contributed by atoms with E-state index in [1.54, 1.807) is 6.20 Å². The summed E-state index contributed by atoms with van der Waals surface area (Å²) >= 11 is 0. The number of benzene rings is 2. The van der Waals surface area contributed by atoms with Crippen molar-refractivity contribution in [2.45, 2.75) is 38.6 Å².